The third-order valence-corrected chi connectivity index (χ3v) is 8.65. The molecule has 0 aromatic heterocycles. The molecule has 10 nitrogen and oxygen atoms in total. The lowest BCUT2D eigenvalue weighted by atomic mass is 9.73. The molecule has 1 unspecified atom stereocenters. The third-order valence-electron chi connectivity index (χ3n) is 8.65. The van der Waals surface area contributed by atoms with E-state index >= 15 is 0 Å². The van der Waals surface area contributed by atoms with E-state index in [0.717, 1.165) is 16.7 Å². The molecule has 0 aliphatic carbocycles. The van der Waals surface area contributed by atoms with Crippen LogP contribution < -0.4 is 23.7 Å². The van der Waals surface area contributed by atoms with Crippen molar-refractivity contribution in [1.82, 2.24) is 9.80 Å². The second-order valence-corrected chi connectivity index (χ2v) is 10.1. The average molecular weight is 529 g/mol. The van der Waals surface area contributed by atoms with Gasteiger partial charge < -0.3 is 38.8 Å². The number of carbonyl (C=O) groups is 1. The maximum absolute atomic E-state index is 14.2. The molecule has 1 saturated heterocycles. The van der Waals surface area contributed by atoms with Crippen LogP contribution in [0, 0.1) is 13.8 Å². The van der Waals surface area contributed by atoms with E-state index in [-0.39, 0.29) is 24.3 Å². The molecule has 3 aliphatic heterocycles. The monoisotopic (exact) mass is 528 g/mol. The van der Waals surface area contributed by atoms with E-state index in [0.29, 0.717) is 58.3 Å². The molecule has 206 valence electrons. The minimum Gasteiger partial charge on any atom is -0.507 e. The number of methoxy groups -OCH3 is 5. The van der Waals surface area contributed by atoms with E-state index in [1.54, 1.807) is 33.2 Å². The predicted molar refractivity (Wildman–Crippen MR) is 139 cm³/mol. The van der Waals surface area contributed by atoms with Gasteiger partial charge in [-0.05, 0) is 27.3 Å². The molecule has 3 aliphatic rings. The van der Waals surface area contributed by atoms with Crippen LogP contribution in [0.2, 0.25) is 0 Å². The van der Waals surface area contributed by atoms with E-state index in [1.165, 1.54) is 14.2 Å². The van der Waals surface area contributed by atoms with Gasteiger partial charge in [-0.25, -0.2) is 0 Å². The summed E-state index contributed by atoms with van der Waals surface area (Å²) in [6.07, 6.45) is 0.757. The number of rotatable bonds is 6. The van der Waals surface area contributed by atoms with Crippen LogP contribution in [0.4, 0.5) is 0 Å². The van der Waals surface area contributed by atoms with Gasteiger partial charge in [0.1, 0.15) is 11.5 Å². The first-order valence-electron chi connectivity index (χ1n) is 12.6. The fraction of sp³-hybridized carbons (Fsp3) is 0.536. The number of aliphatic hydroxyl groups is 1. The van der Waals surface area contributed by atoms with Gasteiger partial charge in [0.2, 0.25) is 5.91 Å². The number of phenols is 1. The first-order valence-corrected chi connectivity index (χ1v) is 12.6. The Labute approximate surface area is 222 Å². The third kappa shape index (κ3) is 3.22. The highest BCUT2D eigenvalue weighted by Crippen LogP contribution is 2.58. The van der Waals surface area contributed by atoms with Gasteiger partial charge in [-0.2, -0.15) is 0 Å². The highest BCUT2D eigenvalue weighted by Gasteiger charge is 2.56. The van der Waals surface area contributed by atoms with Gasteiger partial charge in [0.05, 0.1) is 66.3 Å². The minimum absolute atomic E-state index is 0.0787. The molecule has 0 radical (unpaired) electrons. The van der Waals surface area contributed by atoms with Gasteiger partial charge in [-0.3, -0.25) is 9.69 Å². The Bertz CT molecular complexity index is 1310. The van der Waals surface area contributed by atoms with Crippen LogP contribution in [-0.2, 0) is 17.6 Å². The summed E-state index contributed by atoms with van der Waals surface area (Å²) in [6, 6.07) is -1.93. The topological polar surface area (TPSA) is 110 Å². The Morgan fingerprint density at radius 1 is 0.789 bits per heavy atom. The van der Waals surface area contributed by atoms with Crippen molar-refractivity contribution in [2.75, 3.05) is 49.2 Å². The molecule has 5 rings (SSSR count). The van der Waals surface area contributed by atoms with Crippen molar-refractivity contribution in [1.29, 1.82) is 0 Å². The van der Waals surface area contributed by atoms with Crippen LogP contribution in [0.15, 0.2) is 0 Å². The Morgan fingerprint density at radius 2 is 1.34 bits per heavy atom. The molecule has 1 amide bonds. The smallest absolute Gasteiger partial charge is 0.241 e. The number of aliphatic hydroxyl groups excluding tert-OH is 1. The SMILES string of the molecule is COc1c(C)c(OC)c(OC)c2c1C[C@H]1C(=O)N3C(Cc4c(O)c(C)c(OC)c(OC)c4[C@@H]3CO)[C@H]2N1C. The summed E-state index contributed by atoms with van der Waals surface area (Å²) in [5, 5.41) is 22.0. The van der Waals surface area contributed by atoms with E-state index in [2.05, 4.69) is 4.90 Å². The Balaban J connectivity index is 1.81. The number of fused-ring (bicyclic) bond motifs is 7. The number of carbonyl (C=O) groups excluding carboxylic acids is 1. The molecule has 0 spiro atoms. The largest absolute Gasteiger partial charge is 0.507 e. The van der Waals surface area contributed by atoms with Crippen LogP contribution >= 0.6 is 0 Å². The first kappa shape index (κ1) is 26.2. The summed E-state index contributed by atoms with van der Waals surface area (Å²) in [6.45, 7) is 3.34. The number of aromatic hydroxyl groups is 1. The first-order chi connectivity index (χ1) is 18.2. The molecule has 2 aromatic carbocycles. The lowest BCUT2D eigenvalue weighted by Gasteiger charge is -2.57. The zero-order chi connectivity index (χ0) is 27.6. The Morgan fingerprint density at radius 3 is 1.89 bits per heavy atom. The van der Waals surface area contributed by atoms with Gasteiger partial charge in [0.15, 0.2) is 23.0 Å². The van der Waals surface area contributed by atoms with Crippen LogP contribution in [0.25, 0.3) is 0 Å². The summed E-state index contributed by atoms with van der Waals surface area (Å²) < 4.78 is 28.9. The number of hydrogen-bond donors (Lipinski definition) is 2. The number of phenolic OH excluding ortho intramolecular Hbond substituents is 1. The number of ether oxygens (including phenoxy) is 5. The number of benzene rings is 2. The number of nitrogens with zero attached hydrogens (tertiary/aromatic N) is 2. The maximum Gasteiger partial charge on any atom is 0.241 e. The van der Waals surface area contributed by atoms with Crippen molar-refractivity contribution in [3.63, 3.8) is 0 Å². The molecule has 0 saturated carbocycles. The zero-order valence-corrected chi connectivity index (χ0v) is 23.2. The summed E-state index contributed by atoms with van der Waals surface area (Å²) >= 11 is 0. The Kier molecular flexibility index (Phi) is 6.51. The normalized spacial score (nSPS) is 23.8. The van der Waals surface area contributed by atoms with E-state index in [4.69, 9.17) is 23.7 Å². The molecule has 2 bridgehead atoms. The van der Waals surface area contributed by atoms with Crippen LogP contribution in [0.1, 0.15) is 45.5 Å². The minimum atomic E-state index is -0.730. The van der Waals surface area contributed by atoms with Crippen molar-refractivity contribution in [2.24, 2.45) is 0 Å². The zero-order valence-electron chi connectivity index (χ0n) is 23.2. The molecule has 4 atom stereocenters. The van der Waals surface area contributed by atoms with Crippen molar-refractivity contribution >= 4 is 5.91 Å². The summed E-state index contributed by atoms with van der Waals surface area (Å²) in [5.41, 5.74) is 4.38. The molecule has 38 heavy (non-hydrogen) atoms. The number of amides is 1. The fourth-order valence-electron chi connectivity index (χ4n) is 7.09. The van der Waals surface area contributed by atoms with E-state index < -0.39 is 18.1 Å². The van der Waals surface area contributed by atoms with E-state index in [9.17, 15) is 15.0 Å². The van der Waals surface area contributed by atoms with Crippen molar-refractivity contribution in [2.45, 2.75) is 50.9 Å². The summed E-state index contributed by atoms with van der Waals surface area (Å²) in [4.78, 5) is 18.0. The average Bonchev–Trinajstić information content (AvgIpc) is 2.91. The number of likely N-dealkylation sites (N-methyl/N-ethyl adjacent to an activating group) is 1. The van der Waals surface area contributed by atoms with Gasteiger partial charge in [0, 0.05) is 39.8 Å². The van der Waals surface area contributed by atoms with Crippen LogP contribution in [-0.4, -0.2) is 87.2 Å². The number of piperazine rings is 1. The highest BCUT2D eigenvalue weighted by molar-refractivity contribution is 5.87. The molecule has 3 heterocycles. The van der Waals surface area contributed by atoms with Crippen LogP contribution in [0.3, 0.4) is 0 Å². The molecule has 1 fully saturated rings. The van der Waals surface area contributed by atoms with Crippen molar-refractivity contribution < 1.29 is 38.7 Å². The fourth-order valence-corrected chi connectivity index (χ4v) is 7.09. The van der Waals surface area contributed by atoms with Gasteiger partial charge >= 0.3 is 0 Å². The van der Waals surface area contributed by atoms with Crippen molar-refractivity contribution in [3.8, 4) is 34.5 Å². The lowest BCUT2D eigenvalue weighted by molar-refractivity contribution is -0.158. The predicted octanol–water partition coefficient (Wildman–Crippen LogP) is 2.45. The van der Waals surface area contributed by atoms with Gasteiger partial charge in [-0.1, -0.05) is 0 Å². The summed E-state index contributed by atoms with van der Waals surface area (Å²) in [7, 11) is 9.80. The van der Waals surface area contributed by atoms with E-state index in [1.807, 2.05) is 14.0 Å². The maximum atomic E-state index is 14.2. The molecule has 2 N–H and O–H groups in total. The summed E-state index contributed by atoms with van der Waals surface area (Å²) in [5.74, 6) is 2.66. The Hall–Kier alpha value is -3.37. The standard InChI is InChI=1S/C28H36N2O8/c1-12-22(32)14-9-16-21-20-15(23(34-4)13(2)25(36-6)27(20)38-8)10-17(29(21)3)28(33)30(16)18(11-31)19(14)26(37-7)24(12)35-5/h16-18,21,31-32H,9-11H2,1-8H3/t16?,17-,18-,21+/m0/s1. The second kappa shape index (κ2) is 9.43. The molecular weight excluding hydrogens is 492 g/mol. The highest BCUT2D eigenvalue weighted by atomic mass is 16.5. The van der Waals surface area contributed by atoms with Crippen molar-refractivity contribution in [3.05, 3.63) is 33.4 Å². The second-order valence-electron chi connectivity index (χ2n) is 10.1. The molecular formula is C28H36N2O8. The lowest BCUT2D eigenvalue weighted by Crippen LogP contribution is -2.67. The van der Waals surface area contributed by atoms with Gasteiger partial charge in [0.25, 0.3) is 0 Å². The van der Waals surface area contributed by atoms with Gasteiger partial charge in [-0.15, -0.1) is 0 Å². The molecule has 2 aromatic rings. The molecule has 10 heteroatoms. The number of hydrogen-bond acceptors (Lipinski definition) is 9. The van der Waals surface area contributed by atoms with Crippen LogP contribution in [0.5, 0.6) is 34.5 Å². The quantitative estimate of drug-likeness (QED) is 0.584.